The summed E-state index contributed by atoms with van der Waals surface area (Å²) in [6.45, 7) is 4.22. The molecule has 0 spiro atoms. The van der Waals surface area contributed by atoms with Crippen LogP contribution in [0.1, 0.15) is 25.8 Å². The molecule has 1 heterocycles. The van der Waals surface area contributed by atoms with Crippen molar-refractivity contribution >= 4 is 5.69 Å². The monoisotopic (exact) mass is 177 g/mol. The Balaban J connectivity index is 2.38. The van der Waals surface area contributed by atoms with E-state index < -0.39 is 0 Å². The predicted molar refractivity (Wildman–Crippen MR) is 53.9 cm³/mol. The number of ether oxygens (including phenoxy) is 1. The first-order valence-corrected chi connectivity index (χ1v) is 4.64. The quantitative estimate of drug-likeness (QED) is 0.617. The Morgan fingerprint density at radius 1 is 1.38 bits per heavy atom. The summed E-state index contributed by atoms with van der Waals surface area (Å²) >= 11 is 0. The lowest BCUT2D eigenvalue weighted by molar-refractivity contribution is 0.0848. The summed E-state index contributed by atoms with van der Waals surface area (Å²) in [4.78, 5) is 0. The number of anilines is 1. The molecule has 0 aromatic heterocycles. The van der Waals surface area contributed by atoms with Crippen LogP contribution in [0, 0.1) is 0 Å². The smallest absolute Gasteiger partial charge is 0.125 e. The van der Waals surface area contributed by atoms with Gasteiger partial charge in [0.15, 0.2) is 0 Å². The van der Waals surface area contributed by atoms with Crippen LogP contribution in [0.25, 0.3) is 0 Å². The average Bonchev–Trinajstić information content (AvgIpc) is 2.01. The molecule has 0 saturated heterocycles. The van der Waals surface area contributed by atoms with Crippen LogP contribution in [0.4, 0.5) is 5.69 Å². The van der Waals surface area contributed by atoms with Gasteiger partial charge in [0.2, 0.25) is 0 Å². The number of rotatable bonds is 0. The van der Waals surface area contributed by atoms with Gasteiger partial charge in [0.05, 0.1) is 0 Å². The van der Waals surface area contributed by atoms with Crippen molar-refractivity contribution in [1.29, 1.82) is 0 Å². The molecule has 0 amide bonds. The third-order valence-electron chi connectivity index (χ3n) is 2.47. The Morgan fingerprint density at radius 3 is 2.92 bits per heavy atom. The van der Waals surface area contributed by atoms with Gasteiger partial charge in [-0.15, -0.1) is 0 Å². The molecule has 0 saturated carbocycles. The molecule has 2 N–H and O–H groups in total. The maximum Gasteiger partial charge on any atom is 0.125 e. The Morgan fingerprint density at radius 2 is 2.15 bits per heavy atom. The molecule has 1 aliphatic rings. The van der Waals surface area contributed by atoms with Gasteiger partial charge in [-0.2, -0.15) is 0 Å². The molecule has 13 heavy (non-hydrogen) atoms. The lowest BCUT2D eigenvalue weighted by Gasteiger charge is -2.32. The zero-order valence-corrected chi connectivity index (χ0v) is 8.13. The molecule has 2 heteroatoms. The second kappa shape index (κ2) is 2.66. The summed E-state index contributed by atoms with van der Waals surface area (Å²) in [7, 11) is 0. The van der Waals surface area contributed by atoms with Crippen molar-refractivity contribution in [3.8, 4) is 5.75 Å². The zero-order valence-electron chi connectivity index (χ0n) is 8.13. The van der Waals surface area contributed by atoms with E-state index in [0.29, 0.717) is 0 Å². The Kier molecular flexibility index (Phi) is 1.72. The fraction of sp³-hybridized carbons (Fsp3) is 0.455. The van der Waals surface area contributed by atoms with E-state index in [2.05, 4.69) is 19.9 Å². The SMILES string of the molecule is CC1(C)CCc2ccc(N)cc2O1. The van der Waals surface area contributed by atoms with Gasteiger partial charge in [-0.25, -0.2) is 0 Å². The minimum Gasteiger partial charge on any atom is -0.487 e. The van der Waals surface area contributed by atoms with E-state index in [9.17, 15) is 0 Å². The van der Waals surface area contributed by atoms with E-state index in [-0.39, 0.29) is 5.60 Å². The summed E-state index contributed by atoms with van der Waals surface area (Å²) in [6.07, 6.45) is 2.16. The molecule has 0 radical (unpaired) electrons. The number of nitrogens with two attached hydrogens (primary N) is 1. The second-order valence-electron chi connectivity index (χ2n) is 4.23. The Bertz CT molecular complexity index is 331. The summed E-state index contributed by atoms with van der Waals surface area (Å²) in [5.74, 6) is 0.955. The highest BCUT2D eigenvalue weighted by Crippen LogP contribution is 2.33. The van der Waals surface area contributed by atoms with Crippen LogP contribution in [0.2, 0.25) is 0 Å². The topological polar surface area (TPSA) is 35.2 Å². The fourth-order valence-electron chi connectivity index (χ4n) is 1.66. The van der Waals surface area contributed by atoms with Crippen molar-refractivity contribution in [2.45, 2.75) is 32.3 Å². The first kappa shape index (κ1) is 8.42. The molecule has 70 valence electrons. The number of nitrogen functional groups attached to an aromatic ring is 1. The summed E-state index contributed by atoms with van der Waals surface area (Å²) < 4.78 is 5.82. The molecule has 0 unspecified atom stereocenters. The maximum atomic E-state index is 5.82. The van der Waals surface area contributed by atoms with Gasteiger partial charge >= 0.3 is 0 Å². The third-order valence-corrected chi connectivity index (χ3v) is 2.47. The molecule has 1 aromatic rings. The van der Waals surface area contributed by atoms with E-state index in [1.54, 1.807) is 0 Å². The molecule has 2 rings (SSSR count). The minimum absolute atomic E-state index is 0.0409. The maximum absolute atomic E-state index is 5.82. The molecule has 0 bridgehead atoms. The first-order valence-electron chi connectivity index (χ1n) is 4.64. The molecule has 0 atom stereocenters. The van der Waals surface area contributed by atoms with Crippen LogP contribution in [0.5, 0.6) is 5.75 Å². The van der Waals surface area contributed by atoms with Crippen LogP contribution >= 0.6 is 0 Å². The van der Waals surface area contributed by atoms with Crippen molar-refractivity contribution in [1.82, 2.24) is 0 Å². The normalized spacial score (nSPS) is 18.9. The highest BCUT2D eigenvalue weighted by Gasteiger charge is 2.26. The lowest BCUT2D eigenvalue weighted by Crippen LogP contribution is -2.32. The standard InChI is InChI=1S/C11H15NO/c1-11(2)6-5-8-3-4-9(12)7-10(8)13-11/h3-4,7H,5-6,12H2,1-2H3. The van der Waals surface area contributed by atoms with Crippen LogP contribution in [0.3, 0.4) is 0 Å². The average molecular weight is 177 g/mol. The summed E-state index contributed by atoms with van der Waals surface area (Å²) in [6, 6.07) is 5.90. The molecular weight excluding hydrogens is 162 g/mol. The predicted octanol–water partition coefficient (Wildman–Crippen LogP) is 2.37. The van der Waals surface area contributed by atoms with E-state index in [1.165, 1.54) is 5.56 Å². The van der Waals surface area contributed by atoms with Gasteiger partial charge in [-0.1, -0.05) is 6.07 Å². The van der Waals surface area contributed by atoms with E-state index in [1.807, 2.05) is 12.1 Å². The largest absolute Gasteiger partial charge is 0.487 e. The highest BCUT2D eigenvalue weighted by atomic mass is 16.5. The Labute approximate surface area is 78.7 Å². The van der Waals surface area contributed by atoms with E-state index >= 15 is 0 Å². The first-order chi connectivity index (χ1) is 6.07. The van der Waals surface area contributed by atoms with Crippen LogP contribution in [-0.4, -0.2) is 5.60 Å². The van der Waals surface area contributed by atoms with E-state index in [0.717, 1.165) is 24.3 Å². The van der Waals surface area contributed by atoms with Crippen molar-refractivity contribution in [2.75, 3.05) is 5.73 Å². The van der Waals surface area contributed by atoms with Gasteiger partial charge in [0.1, 0.15) is 11.4 Å². The van der Waals surface area contributed by atoms with Crippen molar-refractivity contribution < 1.29 is 4.74 Å². The van der Waals surface area contributed by atoms with Gasteiger partial charge in [0, 0.05) is 11.8 Å². The van der Waals surface area contributed by atoms with Gasteiger partial charge in [-0.3, -0.25) is 0 Å². The Hall–Kier alpha value is -1.18. The van der Waals surface area contributed by atoms with Crippen LogP contribution in [0.15, 0.2) is 18.2 Å². The summed E-state index contributed by atoms with van der Waals surface area (Å²) in [5.41, 5.74) is 7.70. The highest BCUT2D eigenvalue weighted by molar-refractivity contribution is 5.49. The van der Waals surface area contributed by atoms with Crippen molar-refractivity contribution in [2.24, 2.45) is 0 Å². The molecule has 1 aromatic carbocycles. The number of benzene rings is 1. The zero-order chi connectivity index (χ0) is 9.47. The van der Waals surface area contributed by atoms with Gasteiger partial charge in [-0.05, 0) is 38.3 Å². The second-order valence-corrected chi connectivity index (χ2v) is 4.23. The number of hydrogen-bond donors (Lipinski definition) is 1. The molecule has 2 nitrogen and oxygen atoms in total. The van der Waals surface area contributed by atoms with Crippen molar-refractivity contribution in [3.05, 3.63) is 23.8 Å². The molecule has 0 aliphatic carbocycles. The number of fused-ring (bicyclic) bond motifs is 1. The third kappa shape index (κ3) is 1.62. The summed E-state index contributed by atoms with van der Waals surface area (Å²) in [5, 5.41) is 0. The lowest BCUT2D eigenvalue weighted by atomic mass is 9.94. The van der Waals surface area contributed by atoms with Crippen LogP contribution < -0.4 is 10.5 Å². The minimum atomic E-state index is -0.0409. The van der Waals surface area contributed by atoms with E-state index in [4.69, 9.17) is 10.5 Å². The molecule has 0 fully saturated rings. The van der Waals surface area contributed by atoms with Crippen LogP contribution in [-0.2, 0) is 6.42 Å². The molecular formula is C11H15NO. The number of aryl methyl sites for hydroxylation is 1. The molecule has 1 aliphatic heterocycles. The van der Waals surface area contributed by atoms with Gasteiger partial charge in [0.25, 0.3) is 0 Å². The van der Waals surface area contributed by atoms with Gasteiger partial charge < -0.3 is 10.5 Å². The van der Waals surface area contributed by atoms with Crippen molar-refractivity contribution in [3.63, 3.8) is 0 Å². The number of hydrogen-bond acceptors (Lipinski definition) is 2. The fourth-order valence-corrected chi connectivity index (χ4v) is 1.66.